The third-order valence-corrected chi connectivity index (χ3v) is 16.8. The molecule has 0 N–H and O–H groups in total. The van der Waals surface area contributed by atoms with Crippen molar-refractivity contribution in [2.24, 2.45) is 0 Å². The molecule has 2 heterocycles. The number of fused-ring (bicyclic) bond motifs is 1. The van der Waals surface area contributed by atoms with Gasteiger partial charge in [0.05, 0.1) is 48.8 Å². The largest absolute Gasteiger partial charge is 0.490 e. The molecule has 0 unspecified atom stereocenters. The molecule has 0 aliphatic heterocycles. The molecule has 0 radical (unpaired) electrons. The number of ether oxygens (including phenoxy) is 4. The standard InChI is InChI=1S/C76H114N4O5/c1-5-9-13-17-21-25-29-33-37-44-56-81-69-54-51-64(61-71(69)83-58-46-39-35-31-27-23-19-15-11-7-3)73-74(78-68-60-66(50-53-67(68)77-73)76-80-79-75(85-76)63-48-42-41-43-49-63)65-52-55-70(82-57-45-38-34-30-26-22-18-14-10-6-2)72(62-65)84-59-47-40-36-32-28-24-20-16-12-8-4/h41-43,48-55,60-62H,5-40,44-47,56-59H2,1-4H3. The van der Waals surface area contributed by atoms with Crippen molar-refractivity contribution in [3.63, 3.8) is 0 Å². The maximum atomic E-state index is 6.77. The molecule has 9 heteroatoms. The van der Waals surface area contributed by atoms with Gasteiger partial charge in [0.2, 0.25) is 11.8 Å². The van der Waals surface area contributed by atoms with Crippen LogP contribution in [0.25, 0.3) is 56.5 Å². The molecule has 0 atom stereocenters. The van der Waals surface area contributed by atoms with Crippen molar-refractivity contribution in [2.45, 2.75) is 285 Å². The molecule has 6 rings (SSSR count). The second-order valence-corrected chi connectivity index (χ2v) is 24.3. The summed E-state index contributed by atoms with van der Waals surface area (Å²) in [5.41, 5.74) is 6.44. The first-order valence-corrected chi connectivity index (χ1v) is 35.1. The van der Waals surface area contributed by atoms with Crippen LogP contribution in [-0.2, 0) is 0 Å². The van der Waals surface area contributed by atoms with Gasteiger partial charge in [-0.3, -0.25) is 0 Å². The Morgan fingerprint density at radius 1 is 0.271 bits per heavy atom. The van der Waals surface area contributed by atoms with Crippen molar-refractivity contribution in [1.82, 2.24) is 20.2 Å². The fourth-order valence-corrected chi connectivity index (χ4v) is 11.5. The number of aromatic nitrogens is 4. The van der Waals surface area contributed by atoms with Gasteiger partial charge >= 0.3 is 0 Å². The molecule has 0 amide bonds. The van der Waals surface area contributed by atoms with Crippen molar-refractivity contribution >= 4 is 11.0 Å². The van der Waals surface area contributed by atoms with Crippen LogP contribution in [0.1, 0.15) is 285 Å². The number of unbranched alkanes of at least 4 members (excludes halogenated alkanes) is 36. The highest BCUT2D eigenvalue weighted by molar-refractivity contribution is 5.89. The van der Waals surface area contributed by atoms with Gasteiger partial charge in [-0.15, -0.1) is 10.2 Å². The summed E-state index contributed by atoms with van der Waals surface area (Å²) in [4.78, 5) is 11.0. The van der Waals surface area contributed by atoms with Gasteiger partial charge in [-0.1, -0.05) is 277 Å². The molecule has 85 heavy (non-hydrogen) atoms. The zero-order valence-corrected chi connectivity index (χ0v) is 54.0. The van der Waals surface area contributed by atoms with Crippen LogP contribution in [-0.4, -0.2) is 46.6 Å². The van der Waals surface area contributed by atoms with Gasteiger partial charge in [0, 0.05) is 22.3 Å². The van der Waals surface area contributed by atoms with E-state index in [9.17, 15) is 0 Å². The van der Waals surface area contributed by atoms with Crippen LogP contribution in [0.2, 0.25) is 0 Å². The Morgan fingerprint density at radius 2 is 0.576 bits per heavy atom. The minimum Gasteiger partial charge on any atom is -0.490 e. The molecule has 6 aromatic rings. The molecule has 4 aromatic carbocycles. The van der Waals surface area contributed by atoms with Crippen molar-refractivity contribution < 1.29 is 23.4 Å². The molecule has 0 aliphatic carbocycles. The summed E-state index contributed by atoms with van der Waals surface area (Å²) in [5.74, 6) is 3.97. The van der Waals surface area contributed by atoms with E-state index in [0.717, 1.165) is 106 Å². The molecule has 0 fully saturated rings. The molecular formula is C76H114N4O5. The van der Waals surface area contributed by atoms with E-state index in [1.165, 1.54) is 218 Å². The van der Waals surface area contributed by atoms with E-state index in [1.54, 1.807) is 0 Å². The van der Waals surface area contributed by atoms with Gasteiger partial charge in [-0.25, -0.2) is 9.97 Å². The van der Waals surface area contributed by atoms with E-state index in [4.69, 9.17) is 33.3 Å². The van der Waals surface area contributed by atoms with Gasteiger partial charge < -0.3 is 23.4 Å². The molecule has 0 saturated heterocycles. The molecule has 2 aromatic heterocycles. The van der Waals surface area contributed by atoms with Crippen LogP contribution >= 0.6 is 0 Å². The molecule has 0 bridgehead atoms. The topological polar surface area (TPSA) is 102 Å². The predicted molar refractivity (Wildman–Crippen MR) is 358 cm³/mol. The first-order chi connectivity index (χ1) is 42.1. The molecule has 468 valence electrons. The van der Waals surface area contributed by atoms with Crippen LogP contribution in [0, 0.1) is 0 Å². The van der Waals surface area contributed by atoms with Gasteiger partial charge in [0.25, 0.3) is 0 Å². The van der Waals surface area contributed by atoms with E-state index < -0.39 is 0 Å². The lowest BCUT2D eigenvalue weighted by atomic mass is 10.0. The van der Waals surface area contributed by atoms with E-state index in [2.05, 4.69) is 74.3 Å². The van der Waals surface area contributed by atoms with Crippen molar-refractivity contribution in [3.8, 4) is 68.4 Å². The Kier molecular flexibility index (Phi) is 35.6. The zero-order chi connectivity index (χ0) is 59.5. The van der Waals surface area contributed by atoms with Gasteiger partial charge in [0.1, 0.15) is 0 Å². The molecule has 9 nitrogen and oxygen atoms in total. The Bertz CT molecular complexity index is 2630. The number of benzene rings is 4. The van der Waals surface area contributed by atoms with Crippen molar-refractivity contribution in [2.75, 3.05) is 26.4 Å². The van der Waals surface area contributed by atoms with Crippen LogP contribution in [0.15, 0.2) is 89.3 Å². The lowest BCUT2D eigenvalue weighted by molar-refractivity contribution is 0.258. The average Bonchev–Trinajstić information content (AvgIpc) is 2.11. The average molecular weight is 1160 g/mol. The quantitative estimate of drug-likeness (QED) is 0.0346. The number of hydrogen-bond donors (Lipinski definition) is 0. The Hall–Kier alpha value is -5.44. The summed E-state index contributed by atoms with van der Waals surface area (Å²) >= 11 is 0. The van der Waals surface area contributed by atoms with E-state index >= 15 is 0 Å². The Labute approximate surface area is 516 Å². The fraction of sp³-hybridized carbons (Fsp3) is 0.632. The smallest absolute Gasteiger partial charge is 0.248 e. The zero-order valence-electron chi connectivity index (χ0n) is 54.0. The first-order valence-electron chi connectivity index (χ1n) is 35.1. The second kappa shape index (κ2) is 44.1. The highest BCUT2D eigenvalue weighted by Crippen LogP contribution is 2.40. The summed E-state index contributed by atoms with van der Waals surface area (Å²) in [6.45, 7) is 11.7. The van der Waals surface area contributed by atoms with Gasteiger partial charge in [-0.05, 0) is 92.4 Å². The van der Waals surface area contributed by atoms with Crippen molar-refractivity contribution in [3.05, 3.63) is 84.9 Å². The number of nitrogens with zero attached hydrogens (tertiary/aromatic N) is 4. The normalized spacial score (nSPS) is 11.5. The van der Waals surface area contributed by atoms with Crippen LogP contribution in [0.5, 0.6) is 23.0 Å². The first kappa shape index (κ1) is 68.7. The predicted octanol–water partition coefficient (Wildman–Crippen LogP) is 23.9. The molecule has 0 saturated carbocycles. The fourth-order valence-electron chi connectivity index (χ4n) is 11.5. The summed E-state index contributed by atoms with van der Waals surface area (Å²) in [7, 11) is 0. The van der Waals surface area contributed by atoms with Gasteiger partial charge in [-0.2, -0.15) is 0 Å². The van der Waals surface area contributed by atoms with Crippen LogP contribution in [0.4, 0.5) is 0 Å². The van der Waals surface area contributed by atoms with Crippen LogP contribution in [0.3, 0.4) is 0 Å². The summed E-state index contributed by atoms with van der Waals surface area (Å²) in [6, 6.07) is 28.6. The number of hydrogen-bond acceptors (Lipinski definition) is 9. The van der Waals surface area contributed by atoms with Crippen molar-refractivity contribution in [1.29, 1.82) is 0 Å². The summed E-state index contributed by atoms with van der Waals surface area (Å²) in [5, 5.41) is 8.89. The second-order valence-electron chi connectivity index (χ2n) is 24.3. The van der Waals surface area contributed by atoms with Crippen LogP contribution < -0.4 is 18.9 Å². The maximum absolute atomic E-state index is 6.77. The Balaban J connectivity index is 1.26. The number of rotatable bonds is 52. The summed E-state index contributed by atoms with van der Waals surface area (Å²) in [6.07, 6.45) is 51.2. The highest BCUT2D eigenvalue weighted by Gasteiger charge is 2.20. The molecule has 0 spiro atoms. The minimum absolute atomic E-state index is 0.428. The molecular weight excluding hydrogens is 1050 g/mol. The lowest BCUT2D eigenvalue weighted by Gasteiger charge is -2.17. The Morgan fingerprint density at radius 3 is 0.941 bits per heavy atom. The monoisotopic (exact) mass is 1160 g/mol. The highest BCUT2D eigenvalue weighted by atomic mass is 16.5. The third kappa shape index (κ3) is 27.0. The lowest BCUT2D eigenvalue weighted by Crippen LogP contribution is -2.04. The van der Waals surface area contributed by atoms with E-state index in [0.29, 0.717) is 38.2 Å². The van der Waals surface area contributed by atoms with Gasteiger partial charge in [0.15, 0.2) is 23.0 Å². The minimum atomic E-state index is 0.428. The van der Waals surface area contributed by atoms with E-state index in [1.807, 2.05) is 48.5 Å². The molecule has 0 aliphatic rings. The maximum Gasteiger partial charge on any atom is 0.248 e. The third-order valence-electron chi connectivity index (χ3n) is 16.8. The van der Waals surface area contributed by atoms with E-state index in [-0.39, 0.29) is 0 Å². The SMILES string of the molecule is CCCCCCCCCCCCOc1ccc(-c2nc3ccc(-c4nnc(-c5ccccc5)o4)cc3nc2-c2ccc(OCCCCCCCCCCCC)c(OCCCCCCCCCCCC)c2)cc1OCCCCCCCCCCCC. The summed E-state index contributed by atoms with van der Waals surface area (Å²) < 4.78 is 33.0.